The van der Waals surface area contributed by atoms with Gasteiger partial charge in [0.25, 0.3) is 0 Å². The summed E-state index contributed by atoms with van der Waals surface area (Å²) in [6.45, 7) is 2.05. The molecular formula is C13H11BBr. The molecule has 0 heterocycles. The standard InChI is InChI=1S/C13H11BBr/c1-14-12-6-2-10(3-7-12)11-4-8-13(15)9-5-11/h2-9H,1H3. The van der Waals surface area contributed by atoms with Crippen LogP contribution in [0.5, 0.6) is 0 Å². The summed E-state index contributed by atoms with van der Waals surface area (Å²) in [5.74, 6) is 0. The molecule has 0 saturated heterocycles. The van der Waals surface area contributed by atoms with Crippen LogP contribution in [0.2, 0.25) is 6.82 Å². The van der Waals surface area contributed by atoms with Crippen LogP contribution in [0, 0.1) is 0 Å². The van der Waals surface area contributed by atoms with Gasteiger partial charge in [-0.25, -0.2) is 0 Å². The molecule has 0 unspecified atom stereocenters. The van der Waals surface area contributed by atoms with Crippen molar-refractivity contribution in [1.29, 1.82) is 0 Å². The van der Waals surface area contributed by atoms with E-state index in [4.69, 9.17) is 0 Å². The highest BCUT2D eigenvalue weighted by Crippen LogP contribution is 2.20. The second kappa shape index (κ2) is 4.67. The van der Waals surface area contributed by atoms with Crippen molar-refractivity contribution in [3.63, 3.8) is 0 Å². The van der Waals surface area contributed by atoms with Gasteiger partial charge in [0, 0.05) is 4.47 Å². The van der Waals surface area contributed by atoms with Gasteiger partial charge in [0.15, 0.2) is 0 Å². The Bertz CT molecular complexity index is 431. The molecule has 0 aliphatic carbocycles. The first-order chi connectivity index (χ1) is 7.29. The Morgan fingerprint density at radius 2 is 1.27 bits per heavy atom. The van der Waals surface area contributed by atoms with Gasteiger partial charge in [0.2, 0.25) is 0 Å². The van der Waals surface area contributed by atoms with Crippen LogP contribution in [-0.2, 0) is 0 Å². The van der Waals surface area contributed by atoms with Gasteiger partial charge in [0.05, 0.1) is 0 Å². The highest BCUT2D eigenvalue weighted by molar-refractivity contribution is 9.10. The molecular weight excluding hydrogens is 247 g/mol. The Morgan fingerprint density at radius 1 is 0.800 bits per heavy atom. The molecule has 0 aromatic heterocycles. The maximum Gasteiger partial charge on any atom is 0.148 e. The molecule has 0 nitrogen and oxygen atoms in total. The lowest BCUT2D eigenvalue weighted by molar-refractivity contribution is 1.60. The summed E-state index contributed by atoms with van der Waals surface area (Å²) in [5, 5.41) is 0. The van der Waals surface area contributed by atoms with E-state index < -0.39 is 0 Å². The van der Waals surface area contributed by atoms with E-state index in [1.54, 1.807) is 0 Å². The normalized spacial score (nSPS) is 10.0. The first-order valence-corrected chi connectivity index (χ1v) is 5.74. The zero-order valence-electron chi connectivity index (χ0n) is 8.57. The second-order valence-corrected chi connectivity index (χ2v) is 4.33. The minimum atomic E-state index is 1.12. The summed E-state index contributed by atoms with van der Waals surface area (Å²) in [6, 6.07) is 16.9. The third kappa shape index (κ3) is 2.51. The van der Waals surface area contributed by atoms with Crippen molar-refractivity contribution >= 4 is 28.7 Å². The lowest BCUT2D eigenvalue weighted by Gasteiger charge is -2.03. The van der Waals surface area contributed by atoms with Crippen LogP contribution in [-0.4, -0.2) is 7.28 Å². The Kier molecular flexibility index (Phi) is 3.27. The molecule has 2 rings (SSSR count). The predicted octanol–water partition coefficient (Wildman–Crippen LogP) is 3.49. The molecule has 0 amide bonds. The van der Waals surface area contributed by atoms with Gasteiger partial charge in [-0.1, -0.05) is 64.6 Å². The molecule has 1 radical (unpaired) electrons. The molecule has 73 valence electrons. The minimum absolute atomic E-state index is 1.12. The summed E-state index contributed by atoms with van der Waals surface area (Å²) in [6.07, 6.45) is 0. The molecule has 0 bridgehead atoms. The molecule has 2 aromatic rings. The molecule has 0 atom stereocenters. The van der Waals surface area contributed by atoms with Crippen molar-refractivity contribution in [3.05, 3.63) is 53.0 Å². The van der Waals surface area contributed by atoms with Gasteiger partial charge in [-0.05, 0) is 23.3 Å². The van der Waals surface area contributed by atoms with E-state index in [9.17, 15) is 0 Å². The number of rotatable bonds is 2. The third-order valence-corrected chi connectivity index (χ3v) is 2.95. The van der Waals surface area contributed by atoms with Crippen LogP contribution in [0.15, 0.2) is 53.0 Å². The molecule has 15 heavy (non-hydrogen) atoms. The van der Waals surface area contributed by atoms with Crippen molar-refractivity contribution in [2.75, 3.05) is 0 Å². The highest BCUT2D eigenvalue weighted by Gasteiger charge is 1.97. The zero-order valence-corrected chi connectivity index (χ0v) is 10.2. The fourth-order valence-corrected chi connectivity index (χ4v) is 1.77. The van der Waals surface area contributed by atoms with Crippen LogP contribution in [0.25, 0.3) is 11.1 Å². The van der Waals surface area contributed by atoms with E-state index >= 15 is 0 Å². The summed E-state index contributed by atoms with van der Waals surface area (Å²) in [7, 11) is 2.10. The first kappa shape index (κ1) is 10.5. The average Bonchev–Trinajstić information content (AvgIpc) is 2.30. The highest BCUT2D eigenvalue weighted by atomic mass is 79.9. The lowest BCUT2D eigenvalue weighted by Crippen LogP contribution is -2.08. The van der Waals surface area contributed by atoms with Crippen LogP contribution < -0.4 is 5.46 Å². The topological polar surface area (TPSA) is 0 Å². The molecule has 0 spiro atoms. The molecule has 0 N–H and O–H groups in total. The van der Waals surface area contributed by atoms with Crippen LogP contribution in [0.1, 0.15) is 0 Å². The van der Waals surface area contributed by atoms with Crippen molar-refractivity contribution in [2.24, 2.45) is 0 Å². The van der Waals surface area contributed by atoms with E-state index in [1.165, 1.54) is 16.6 Å². The summed E-state index contributed by atoms with van der Waals surface area (Å²) in [5.41, 5.74) is 3.77. The average molecular weight is 258 g/mol. The molecule has 0 aliphatic rings. The number of hydrogen-bond acceptors (Lipinski definition) is 0. The van der Waals surface area contributed by atoms with Gasteiger partial charge in [-0.3, -0.25) is 0 Å². The van der Waals surface area contributed by atoms with Crippen molar-refractivity contribution in [3.8, 4) is 11.1 Å². The number of benzene rings is 2. The molecule has 0 aliphatic heterocycles. The van der Waals surface area contributed by atoms with Gasteiger partial charge in [-0.15, -0.1) is 0 Å². The monoisotopic (exact) mass is 257 g/mol. The quantitative estimate of drug-likeness (QED) is 0.723. The fraction of sp³-hybridized carbons (Fsp3) is 0.0769. The van der Waals surface area contributed by atoms with Gasteiger partial charge >= 0.3 is 0 Å². The first-order valence-electron chi connectivity index (χ1n) is 4.95. The maximum atomic E-state index is 3.44. The van der Waals surface area contributed by atoms with Crippen molar-refractivity contribution in [1.82, 2.24) is 0 Å². The fourth-order valence-electron chi connectivity index (χ4n) is 1.51. The predicted molar refractivity (Wildman–Crippen MR) is 70.8 cm³/mol. The summed E-state index contributed by atoms with van der Waals surface area (Å²) < 4.78 is 1.12. The smallest absolute Gasteiger partial charge is 0.0881 e. The van der Waals surface area contributed by atoms with E-state index in [0.717, 1.165) is 4.47 Å². The SMILES string of the molecule is C[B]c1ccc(-c2ccc(Br)cc2)cc1. The van der Waals surface area contributed by atoms with Crippen LogP contribution in [0.3, 0.4) is 0 Å². The summed E-state index contributed by atoms with van der Waals surface area (Å²) in [4.78, 5) is 0. The van der Waals surface area contributed by atoms with Crippen molar-refractivity contribution in [2.45, 2.75) is 6.82 Å². The Labute approximate surface area is 99.7 Å². The Morgan fingerprint density at radius 3 is 1.73 bits per heavy atom. The molecule has 2 heteroatoms. The van der Waals surface area contributed by atoms with Gasteiger partial charge in [-0.2, -0.15) is 0 Å². The van der Waals surface area contributed by atoms with E-state index in [-0.39, 0.29) is 0 Å². The van der Waals surface area contributed by atoms with Gasteiger partial charge in [0.1, 0.15) is 7.28 Å². The second-order valence-electron chi connectivity index (χ2n) is 3.42. The Hall–Kier alpha value is -1.02. The van der Waals surface area contributed by atoms with E-state index in [2.05, 4.69) is 78.6 Å². The minimum Gasteiger partial charge on any atom is -0.0881 e. The molecule has 0 saturated carbocycles. The third-order valence-electron chi connectivity index (χ3n) is 2.42. The van der Waals surface area contributed by atoms with Crippen molar-refractivity contribution < 1.29 is 0 Å². The maximum absolute atomic E-state index is 3.44. The zero-order chi connectivity index (χ0) is 10.7. The van der Waals surface area contributed by atoms with Gasteiger partial charge < -0.3 is 0 Å². The number of hydrogen-bond donors (Lipinski definition) is 0. The largest absolute Gasteiger partial charge is 0.148 e. The Balaban J connectivity index is 2.33. The lowest BCUT2D eigenvalue weighted by atomic mass is 9.73. The molecule has 0 fully saturated rings. The number of halogens is 1. The molecule has 2 aromatic carbocycles. The van der Waals surface area contributed by atoms with E-state index in [0.29, 0.717) is 0 Å². The summed E-state index contributed by atoms with van der Waals surface area (Å²) >= 11 is 3.44. The van der Waals surface area contributed by atoms with Crippen LogP contribution in [0.4, 0.5) is 0 Å². The van der Waals surface area contributed by atoms with E-state index in [1.807, 2.05) is 0 Å². The van der Waals surface area contributed by atoms with Crippen LogP contribution >= 0.6 is 15.9 Å².